The van der Waals surface area contributed by atoms with Crippen LogP contribution in [-0.2, 0) is 0 Å². The molecule has 0 unspecified atom stereocenters. The van der Waals surface area contributed by atoms with Gasteiger partial charge in [-0.15, -0.1) is 0 Å². The Morgan fingerprint density at radius 1 is 1.04 bits per heavy atom. The number of nitrogens with zero attached hydrogens (tertiary/aromatic N) is 2. The number of hydrogen-bond donors (Lipinski definition) is 3. The summed E-state index contributed by atoms with van der Waals surface area (Å²) in [5.41, 5.74) is 1.28. The number of pyridine rings is 1. The molecule has 3 N–H and O–H groups in total. The predicted molar refractivity (Wildman–Crippen MR) is 95.3 cm³/mol. The highest BCUT2D eigenvalue weighted by atomic mass is 16.3. The Hall–Kier alpha value is -3.67. The normalized spacial score (nSPS) is 13.7. The topological polar surface area (TPSA) is 92.5 Å². The first-order valence-electron chi connectivity index (χ1n) is 7.70. The molecule has 4 rings (SSSR count). The molecule has 0 radical (unpaired) electrons. The SMILES string of the molecule is N=C1c2c(O)[nH]c(=O)c(=Cc3ccccc3)c2=NN1c1ccccc1. The van der Waals surface area contributed by atoms with E-state index in [0.29, 0.717) is 16.3 Å². The number of benzene rings is 2. The van der Waals surface area contributed by atoms with Crippen LogP contribution in [0.5, 0.6) is 5.88 Å². The van der Waals surface area contributed by atoms with Crippen molar-refractivity contribution in [1.29, 1.82) is 5.41 Å². The minimum atomic E-state index is -0.452. The maximum absolute atomic E-state index is 12.4. The maximum atomic E-state index is 12.4. The minimum absolute atomic E-state index is 0.0117. The van der Waals surface area contributed by atoms with Crippen LogP contribution in [0.15, 0.2) is 70.6 Å². The molecule has 6 heteroatoms. The third kappa shape index (κ3) is 2.49. The smallest absolute Gasteiger partial charge is 0.260 e. The van der Waals surface area contributed by atoms with Gasteiger partial charge in [-0.1, -0.05) is 48.5 Å². The number of para-hydroxylation sites is 1. The second kappa shape index (κ2) is 5.76. The second-order valence-electron chi connectivity index (χ2n) is 5.59. The number of aromatic amines is 1. The van der Waals surface area contributed by atoms with E-state index < -0.39 is 5.56 Å². The molecule has 0 aliphatic carbocycles. The number of aromatic hydroxyl groups is 1. The average Bonchev–Trinajstić information content (AvgIpc) is 2.98. The van der Waals surface area contributed by atoms with Gasteiger partial charge in [-0.2, -0.15) is 5.10 Å². The molecule has 0 atom stereocenters. The van der Waals surface area contributed by atoms with Crippen LogP contribution < -0.4 is 21.1 Å². The molecular formula is C19H14N4O2. The summed E-state index contributed by atoms with van der Waals surface area (Å²) in [4.78, 5) is 14.8. The summed E-state index contributed by atoms with van der Waals surface area (Å²) in [6.45, 7) is 0. The third-order valence-corrected chi connectivity index (χ3v) is 3.97. The zero-order chi connectivity index (χ0) is 17.4. The number of amidine groups is 1. The van der Waals surface area contributed by atoms with Gasteiger partial charge in [-0.25, -0.2) is 5.01 Å². The fourth-order valence-electron chi connectivity index (χ4n) is 2.78. The van der Waals surface area contributed by atoms with Gasteiger partial charge in [0.1, 0.15) is 10.9 Å². The monoisotopic (exact) mass is 330 g/mol. The lowest BCUT2D eigenvalue weighted by molar-refractivity contribution is 0.449. The van der Waals surface area contributed by atoms with Crippen LogP contribution in [0.2, 0.25) is 0 Å². The molecule has 0 spiro atoms. The number of fused-ring (bicyclic) bond motifs is 1. The van der Waals surface area contributed by atoms with E-state index >= 15 is 0 Å². The molecule has 122 valence electrons. The third-order valence-electron chi connectivity index (χ3n) is 3.97. The van der Waals surface area contributed by atoms with Crippen molar-refractivity contribution in [2.45, 2.75) is 0 Å². The highest BCUT2D eigenvalue weighted by Gasteiger charge is 2.26. The number of nitrogens with one attached hydrogen (secondary N) is 2. The Morgan fingerprint density at radius 3 is 2.36 bits per heavy atom. The van der Waals surface area contributed by atoms with E-state index in [1.54, 1.807) is 6.08 Å². The van der Waals surface area contributed by atoms with Crippen LogP contribution in [0.3, 0.4) is 0 Å². The van der Waals surface area contributed by atoms with Crippen molar-refractivity contribution in [3.8, 4) is 5.88 Å². The van der Waals surface area contributed by atoms with Gasteiger partial charge in [-0.05, 0) is 23.8 Å². The zero-order valence-corrected chi connectivity index (χ0v) is 13.1. The Labute approximate surface area is 142 Å². The van der Waals surface area contributed by atoms with Crippen LogP contribution in [0.4, 0.5) is 5.69 Å². The molecule has 1 aliphatic heterocycles. The number of anilines is 1. The van der Waals surface area contributed by atoms with Crippen molar-refractivity contribution < 1.29 is 5.11 Å². The van der Waals surface area contributed by atoms with Gasteiger partial charge in [0.15, 0.2) is 5.84 Å². The van der Waals surface area contributed by atoms with Gasteiger partial charge in [0, 0.05) is 0 Å². The molecule has 2 aromatic carbocycles. The summed E-state index contributed by atoms with van der Waals surface area (Å²) in [5.74, 6) is -0.338. The lowest BCUT2D eigenvalue weighted by Crippen LogP contribution is -2.42. The van der Waals surface area contributed by atoms with Crippen LogP contribution >= 0.6 is 0 Å². The predicted octanol–water partition coefficient (Wildman–Crippen LogP) is 1.29. The lowest BCUT2D eigenvalue weighted by Gasteiger charge is -2.13. The van der Waals surface area contributed by atoms with E-state index in [1.165, 1.54) is 5.01 Å². The summed E-state index contributed by atoms with van der Waals surface area (Å²) in [5, 5.41) is 24.9. The molecule has 3 aromatic rings. The average molecular weight is 330 g/mol. The quantitative estimate of drug-likeness (QED) is 0.661. The highest BCUT2D eigenvalue weighted by molar-refractivity contribution is 6.10. The van der Waals surface area contributed by atoms with Crippen molar-refractivity contribution in [3.63, 3.8) is 0 Å². The first kappa shape index (κ1) is 14.9. The summed E-state index contributed by atoms with van der Waals surface area (Å²) in [6, 6.07) is 18.5. The van der Waals surface area contributed by atoms with Gasteiger partial charge in [0.05, 0.1) is 10.9 Å². The van der Waals surface area contributed by atoms with E-state index in [2.05, 4.69) is 10.1 Å². The second-order valence-corrected chi connectivity index (χ2v) is 5.59. The Bertz CT molecular complexity index is 1140. The van der Waals surface area contributed by atoms with Crippen molar-refractivity contribution in [3.05, 3.63) is 92.7 Å². The van der Waals surface area contributed by atoms with Crippen molar-refractivity contribution in [1.82, 2.24) is 4.98 Å². The fraction of sp³-hybridized carbons (Fsp3) is 0. The van der Waals surface area contributed by atoms with E-state index in [1.807, 2.05) is 60.7 Å². The first-order valence-corrected chi connectivity index (χ1v) is 7.70. The molecule has 1 aliphatic rings. The molecule has 0 saturated carbocycles. The van der Waals surface area contributed by atoms with Gasteiger partial charge in [-0.3, -0.25) is 15.2 Å². The van der Waals surface area contributed by atoms with Crippen molar-refractivity contribution in [2.24, 2.45) is 5.10 Å². The standard InChI is InChI=1S/C19H14N4O2/c20-17-15-16(22-23(17)13-9-5-2-6-10-13)14(18(24)21-19(15)25)11-12-7-3-1-4-8-12/h1-11,20,25H,(H,21,24). The van der Waals surface area contributed by atoms with Gasteiger partial charge in [0.2, 0.25) is 5.88 Å². The maximum Gasteiger partial charge on any atom is 0.260 e. The molecule has 2 heterocycles. The highest BCUT2D eigenvalue weighted by Crippen LogP contribution is 2.21. The Morgan fingerprint density at radius 2 is 1.68 bits per heavy atom. The minimum Gasteiger partial charge on any atom is -0.494 e. The first-order chi connectivity index (χ1) is 12.1. The van der Waals surface area contributed by atoms with E-state index in [4.69, 9.17) is 5.41 Å². The van der Waals surface area contributed by atoms with Crippen molar-refractivity contribution in [2.75, 3.05) is 5.01 Å². The number of aromatic nitrogens is 1. The van der Waals surface area contributed by atoms with E-state index in [9.17, 15) is 9.90 Å². The van der Waals surface area contributed by atoms with Crippen molar-refractivity contribution >= 4 is 17.6 Å². The summed E-state index contributed by atoms with van der Waals surface area (Å²) in [7, 11) is 0. The fourth-order valence-corrected chi connectivity index (χ4v) is 2.78. The number of rotatable bonds is 2. The molecule has 25 heavy (non-hydrogen) atoms. The van der Waals surface area contributed by atoms with Gasteiger partial charge < -0.3 is 5.11 Å². The molecule has 6 nitrogen and oxygen atoms in total. The molecule has 0 saturated heterocycles. The molecule has 1 aromatic heterocycles. The molecule has 0 amide bonds. The molecule has 0 fully saturated rings. The molecule has 0 bridgehead atoms. The van der Waals surface area contributed by atoms with E-state index in [-0.39, 0.29) is 17.3 Å². The van der Waals surface area contributed by atoms with Crippen LogP contribution in [0.25, 0.3) is 6.08 Å². The van der Waals surface area contributed by atoms with Gasteiger partial charge in [0.25, 0.3) is 5.56 Å². The van der Waals surface area contributed by atoms with Crippen LogP contribution in [-0.4, -0.2) is 15.9 Å². The summed E-state index contributed by atoms with van der Waals surface area (Å²) < 4.78 is 0. The van der Waals surface area contributed by atoms with Crippen LogP contribution in [0, 0.1) is 5.41 Å². The zero-order valence-electron chi connectivity index (χ0n) is 13.1. The summed E-state index contributed by atoms with van der Waals surface area (Å²) in [6.07, 6.45) is 1.70. The number of hydrogen-bond acceptors (Lipinski definition) is 4. The van der Waals surface area contributed by atoms with Gasteiger partial charge >= 0.3 is 0 Å². The largest absolute Gasteiger partial charge is 0.494 e. The molecular weight excluding hydrogens is 316 g/mol. The van der Waals surface area contributed by atoms with E-state index in [0.717, 1.165) is 5.56 Å². The Kier molecular flexibility index (Phi) is 3.43. The Balaban J connectivity index is 2.00. The summed E-state index contributed by atoms with van der Waals surface area (Å²) >= 11 is 0. The van der Waals surface area contributed by atoms with Crippen LogP contribution in [0.1, 0.15) is 11.1 Å². The lowest BCUT2D eigenvalue weighted by atomic mass is 10.1. The number of H-pyrrole nitrogens is 1.